The smallest absolute Gasteiger partial charge is 0.312 e. The Kier molecular flexibility index (Phi) is 3.84. The molecule has 5 heteroatoms. The van der Waals surface area contributed by atoms with Crippen LogP contribution in [0.5, 0.6) is 5.75 Å². The highest BCUT2D eigenvalue weighted by Crippen LogP contribution is 2.27. The Morgan fingerprint density at radius 1 is 1.62 bits per heavy atom. The van der Waals surface area contributed by atoms with E-state index in [1.54, 1.807) is 6.92 Å². The lowest BCUT2D eigenvalue weighted by atomic mass is 9.97. The van der Waals surface area contributed by atoms with Crippen LogP contribution in [0.2, 0.25) is 0 Å². The number of ether oxygens (including phenoxy) is 1. The summed E-state index contributed by atoms with van der Waals surface area (Å²) in [5.74, 6) is -2.31. The molecular formula is C11H14FNO3. The van der Waals surface area contributed by atoms with E-state index in [1.165, 1.54) is 19.2 Å². The van der Waals surface area contributed by atoms with Gasteiger partial charge in [0.05, 0.1) is 13.0 Å². The molecule has 0 radical (unpaired) electrons. The number of carboxylic acid groups (broad SMARTS) is 1. The highest BCUT2D eigenvalue weighted by Gasteiger charge is 2.22. The van der Waals surface area contributed by atoms with Gasteiger partial charge >= 0.3 is 5.97 Å². The SMILES string of the molecule is COc1cc(C(CN)C(=O)O)c(F)cc1C. The van der Waals surface area contributed by atoms with Gasteiger partial charge in [-0.05, 0) is 24.6 Å². The van der Waals surface area contributed by atoms with Crippen LogP contribution < -0.4 is 10.5 Å². The van der Waals surface area contributed by atoms with Crippen LogP contribution in [0.1, 0.15) is 17.0 Å². The Labute approximate surface area is 92.8 Å². The summed E-state index contributed by atoms with van der Waals surface area (Å²) in [5.41, 5.74) is 5.98. The van der Waals surface area contributed by atoms with Crippen molar-refractivity contribution in [2.45, 2.75) is 12.8 Å². The third-order valence-electron chi connectivity index (χ3n) is 2.42. The first-order valence-corrected chi connectivity index (χ1v) is 4.78. The number of benzene rings is 1. The van der Waals surface area contributed by atoms with E-state index in [2.05, 4.69) is 0 Å². The maximum Gasteiger partial charge on any atom is 0.312 e. The number of halogens is 1. The molecule has 1 aromatic carbocycles. The molecule has 16 heavy (non-hydrogen) atoms. The fraction of sp³-hybridized carbons (Fsp3) is 0.364. The summed E-state index contributed by atoms with van der Waals surface area (Å²) in [6.45, 7) is 1.53. The van der Waals surface area contributed by atoms with Crippen molar-refractivity contribution in [2.24, 2.45) is 5.73 Å². The molecule has 0 saturated carbocycles. The van der Waals surface area contributed by atoms with Crippen molar-refractivity contribution in [3.05, 3.63) is 29.1 Å². The van der Waals surface area contributed by atoms with Crippen molar-refractivity contribution in [3.63, 3.8) is 0 Å². The van der Waals surface area contributed by atoms with Crippen LogP contribution in [0, 0.1) is 12.7 Å². The molecule has 0 aliphatic heterocycles. The van der Waals surface area contributed by atoms with E-state index in [4.69, 9.17) is 15.6 Å². The molecule has 4 nitrogen and oxygen atoms in total. The lowest BCUT2D eigenvalue weighted by molar-refractivity contribution is -0.138. The van der Waals surface area contributed by atoms with Crippen LogP contribution in [-0.4, -0.2) is 24.7 Å². The maximum atomic E-state index is 13.6. The second-order valence-electron chi connectivity index (χ2n) is 3.47. The molecule has 1 rings (SSSR count). The first kappa shape index (κ1) is 12.4. The van der Waals surface area contributed by atoms with Gasteiger partial charge in [-0.25, -0.2) is 4.39 Å². The van der Waals surface area contributed by atoms with Crippen molar-refractivity contribution >= 4 is 5.97 Å². The molecule has 0 fully saturated rings. The minimum atomic E-state index is -1.15. The lowest BCUT2D eigenvalue weighted by Crippen LogP contribution is -2.22. The number of rotatable bonds is 4. The number of carboxylic acids is 1. The number of carbonyl (C=O) groups is 1. The minimum absolute atomic E-state index is 0.0532. The van der Waals surface area contributed by atoms with Crippen molar-refractivity contribution in [1.29, 1.82) is 0 Å². The van der Waals surface area contributed by atoms with E-state index < -0.39 is 17.7 Å². The minimum Gasteiger partial charge on any atom is -0.496 e. The molecule has 0 heterocycles. The first-order chi connectivity index (χ1) is 7.51. The fourth-order valence-electron chi connectivity index (χ4n) is 1.52. The number of hydrogen-bond acceptors (Lipinski definition) is 3. The Bertz CT molecular complexity index is 406. The van der Waals surface area contributed by atoms with Crippen molar-refractivity contribution in [3.8, 4) is 5.75 Å². The maximum absolute atomic E-state index is 13.6. The van der Waals surface area contributed by atoms with Crippen molar-refractivity contribution in [2.75, 3.05) is 13.7 Å². The largest absolute Gasteiger partial charge is 0.496 e. The van der Waals surface area contributed by atoms with Gasteiger partial charge in [-0.15, -0.1) is 0 Å². The van der Waals surface area contributed by atoms with Crippen molar-refractivity contribution in [1.82, 2.24) is 0 Å². The molecular weight excluding hydrogens is 213 g/mol. The van der Waals surface area contributed by atoms with Crippen LogP contribution in [-0.2, 0) is 4.79 Å². The highest BCUT2D eigenvalue weighted by atomic mass is 19.1. The van der Waals surface area contributed by atoms with Crippen LogP contribution in [0.15, 0.2) is 12.1 Å². The second kappa shape index (κ2) is 4.94. The predicted octanol–water partition coefficient (Wildman–Crippen LogP) is 1.27. The molecule has 1 aromatic rings. The first-order valence-electron chi connectivity index (χ1n) is 4.78. The number of nitrogens with two attached hydrogens (primary N) is 1. The summed E-state index contributed by atoms with van der Waals surface area (Å²) in [6.07, 6.45) is 0. The lowest BCUT2D eigenvalue weighted by Gasteiger charge is -2.14. The molecule has 0 aliphatic carbocycles. The van der Waals surface area contributed by atoms with E-state index in [1.807, 2.05) is 0 Å². The zero-order valence-corrected chi connectivity index (χ0v) is 9.16. The predicted molar refractivity (Wildman–Crippen MR) is 57.1 cm³/mol. The molecule has 1 unspecified atom stereocenters. The Morgan fingerprint density at radius 3 is 2.69 bits per heavy atom. The number of aliphatic carboxylic acids is 1. The topological polar surface area (TPSA) is 72.5 Å². The number of methoxy groups -OCH3 is 1. The van der Waals surface area contributed by atoms with Gasteiger partial charge in [-0.2, -0.15) is 0 Å². The molecule has 0 aliphatic rings. The van der Waals surface area contributed by atoms with E-state index in [-0.39, 0.29) is 12.1 Å². The molecule has 88 valence electrons. The van der Waals surface area contributed by atoms with Gasteiger partial charge in [-0.1, -0.05) is 0 Å². The molecule has 0 saturated heterocycles. The number of hydrogen-bond donors (Lipinski definition) is 2. The van der Waals surface area contributed by atoms with Crippen LogP contribution >= 0.6 is 0 Å². The summed E-state index contributed by atoms with van der Waals surface area (Å²) >= 11 is 0. The Hall–Kier alpha value is -1.62. The molecule has 0 bridgehead atoms. The van der Waals surface area contributed by atoms with E-state index in [9.17, 15) is 9.18 Å². The molecule has 1 atom stereocenters. The zero-order chi connectivity index (χ0) is 12.3. The fourth-order valence-corrected chi connectivity index (χ4v) is 1.52. The standard InChI is InChI=1S/C11H14FNO3/c1-6-3-9(12)7(4-10(6)16-2)8(5-13)11(14)15/h3-4,8H,5,13H2,1-2H3,(H,14,15). The van der Waals surface area contributed by atoms with Gasteiger partial charge < -0.3 is 15.6 Å². The highest BCUT2D eigenvalue weighted by molar-refractivity contribution is 5.76. The van der Waals surface area contributed by atoms with Crippen LogP contribution in [0.4, 0.5) is 4.39 Å². The summed E-state index contributed by atoms with van der Waals surface area (Å²) in [6, 6.07) is 2.64. The van der Waals surface area contributed by atoms with Crippen LogP contribution in [0.25, 0.3) is 0 Å². The zero-order valence-electron chi connectivity index (χ0n) is 9.16. The van der Waals surface area contributed by atoms with Crippen molar-refractivity contribution < 1.29 is 19.0 Å². The normalized spacial score (nSPS) is 12.2. The molecule has 0 spiro atoms. The third-order valence-corrected chi connectivity index (χ3v) is 2.42. The number of aryl methyl sites for hydroxylation is 1. The second-order valence-corrected chi connectivity index (χ2v) is 3.47. The summed E-state index contributed by atoms with van der Waals surface area (Å²) < 4.78 is 18.6. The van der Waals surface area contributed by atoms with Gasteiger partial charge in [0.25, 0.3) is 0 Å². The monoisotopic (exact) mass is 227 g/mol. The molecule has 0 amide bonds. The van der Waals surface area contributed by atoms with E-state index >= 15 is 0 Å². The summed E-state index contributed by atoms with van der Waals surface area (Å²) in [5, 5.41) is 8.90. The van der Waals surface area contributed by atoms with Gasteiger partial charge in [0.1, 0.15) is 11.6 Å². The Morgan fingerprint density at radius 2 is 2.25 bits per heavy atom. The van der Waals surface area contributed by atoms with Gasteiger partial charge in [0.2, 0.25) is 0 Å². The quantitative estimate of drug-likeness (QED) is 0.812. The van der Waals surface area contributed by atoms with Gasteiger partial charge in [0, 0.05) is 12.1 Å². The van der Waals surface area contributed by atoms with Gasteiger partial charge in [0.15, 0.2) is 0 Å². The average Bonchev–Trinajstić information content (AvgIpc) is 2.21. The average molecular weight is 227 g/mol. The third kappa shape index (κ3) is 2.30. The van der Waals surface area contributed by atoms with E-state index in [0.717, 1.165) is 0 Å². The molecule has 0 aromatic heterocycles. The summed E-state index contributed by atoms with van der Waals surface area (Å²) in [4.78, 5) is 10.9. The van der Waals surface area contributed by atoms with Gasteiger partial charge in [-0.3, -0.25) is 4.79 Å². The van der Waals surface area contributed by atoms with Crippen LogP contribution in [0.3, 0.4) is 0 Å². The van der Waals surface area contributed by atoms with E-state index in [0.29, 0.717) is 11.3 Å². The molecule has 3 N–H and O–H groups in total. The Balaban J connectivity index is 3.26. The summed E-state index contributed by atoms with van der Waals surface area (Å²) in [7, 11) is 1.45.